The van der Waals surface area contributed by atoms with Gasteiger partial charge >= 0.3 is 0 Å². The molecule has 6 nitrogen and oxygen atoms in total. The fourth-order valence-corrected chi connectivity index (χ4v) is 4.50. The summed E-state index contributed by atoms with van der Waals surface area (Å²) in [6.45, 7) is 10.8. The fourth-order valence-electron chi connectivity index (χ4n) is 4.50. The van der Waals surface area contributed by atoms with E-state index in [9.17, 15) is 14.7 Å². The minimum atomic E-state index is -0.724. The predicted molar refractivity (Wildman–Crippen MR) is 148 cm³/mol. The molecule has 1 unspecified atom stereocenters. The van der Waals surface area contributed by atoms with Crippen LogP contribution in [0.4, 0.5) is 0 Å². The van der Waals surface area contributed by atoms with E-state index in [0.29, 0.717) is 23.8 Å². The second-order valence-corrected chi connectivity index (χ2v) is 10.4. The van der Waals surface area contributed by atoms with E-state index >= 15 is 0 Å². The van der Waals surface area contributed by atoms with Gasteiger partial charge < -0.3 is 19.5 Å². The Morgan fingerprint density at radius 2 is 1.58 bits per heavy atom. The molecule has 1 heterocycles. The number of nitrogens with zero attached hydrogens (tertiary/aromatic N) is 1. The lowest BCUT2D eigenvalue weighted by Crippen LogP contribution is -2.29. The molecule has 1 aliphatic heterocycles. The van der Waals surface area contributed by atoms with Crippen LogP contribution in [0.2, 0.25) is 0 Å². The number of aliphatic hydroxyl groups excluding tert-OH is 1. The fraction of sp³-hybridized carbons (Fsp3) is 0.312. The van der Waals surface area contributed by atoms with Crippen LogP contribution >= 0.6 is 0 Å². The Balaban J connectivity index is 1.71. The smallest absolute Gasteiger partial charge is 0.295 e. The summed E-state index contributed by atoms with van der Waals surface area (Å²) in [5.74, 6) is 0.282. The number of benzene rings is 3. The Bertz CT molecular complexity index is 1320. The number of aliphatic hydroxyl groups is 1. The van der Waals surface area contributed by atoms with Crippen molar-refractivity contribution in [3.8, 4) is 11.5 Å². The molecule has 6 heteroatoms. The maximum atomic E-state index is 13.4. The minimum Gasteiger partial charge on any atom is -0.507 e. The SMILES string of the molecule is Cc1cccc(C2/C(=C(/O)c3ccc(OC(C)C)cc3)C(=O)C(=O)N2Cc2ccc(OCC(C)C)cc2)c1. The zero-order chi connectivity index (χ0) is 27.4. The molecule has 0 aliphatic carbocycles. The number of rotatable bonds is 9. The molecule has 1 N–H and O–H groups in total. The van der Waals surface area contributed by atoms with E-state index in [1.807, 2.05) is 69.3 Å². The average molecular weight is 514 g/mol. The number of hydrogen-bond donors (Lipinski definition) is 1. The maximum absolute atomic E-state index is 13.4. The molecule has 0 aromatic heterocycles. The van der Waals surface area contributed by atoms with Gasteiger partial charge in [0.2, 0.25) is 0 Å². The van der Waals surface area contributed by atoms with Crippen LogP contribution in [0.5, 0.6) is 11.5 Å². The molecule has 0 radical (unpaired) electrons. The summed E-state index contributed by atoms with van der Waals surface area (Å²) >= 11 is 0. The molecule has 0 bridgehead atoms. The molecule has 4 rings (SSSR count). The average Bonchev–Trinajstić information content (AvgIpc) is 3.13. The zero-order valence-corrected chi connectivity index (χ0v) is 22.6. The highest BCUT2D eigenvalue weighted by molar-refractivity contribution is 6.46. The third kappa shape index (κ3) is 6.08. The van der Waals surface area contributed by atoms with Crippen LogP contribution < -0.4 is 9.47 Å². The molecule has 0 spiro atoms. The van der Waals surface area contributed by atoms with Crippen molar-refractivity contribution in [2.45, 2.75) is 53.3 Å². The van der Waals surface area contributed by atoms with Crippen LogP contribution in [0.3, 0.4) is 0 Å². The molecular formula is C32H35NO5. The maximum Gasteiger partial charge on any atom is 0.295 e. The van der Waals surface area contributed by atoms with Gasteiger partial charge in [0, 0.05) is 12.1 Å². The number of amides is 1. The summed E-state index contributed by atoms with van der Waals surface area (Å²) in [6.07, 6.45) is 0.0110. The van der Waals surface area contributed by atoms with E-state index in [2.05, 4.69) is 13.8 Å². The number of likely N-dealkylation sites (tertiary alicyclic amines) is 1. The first-order valence-electron chi connectivity index (χ1n) is 13.0. The van der Waals surface area contributed by atoms with Crippen LogP contribution in [0.25, 0.3) is 5.76 Å². The quantitative estimate of drug-likeness (QED) is 0.202. The van der Waals surface area contributed by atoms with Crippen LogP contribution in [0.1, 0.15) is 56.0 Å². The standard InChI is InChI=1S/C32H35NO5/c1-20(2)19-37-26-13-9-23(10-14-26)18-33-29(25-8-6-7-22(5)17-25)28(31(35)32(33)36)30(34)24-11-15-27(16-12-24)38-21(3)4/h6-17,20-21,29,34H,18-19H2,1-5H3/b30-28-. The normalized spacial score (nSPS) is 16.9. The van der Waals surface area contributed by atoms with Gasteiger partial charge in [-0.3, -0.25) is 9.59 Å². The van der Waals surface area contributed by atoms with Gasteiger partial charge in [0.15, 0.2) is 0 Å². The van der Waals surface area contributed by atoms with Crippen molar-refractivity contribution in [3.63, 3.8) is 0 Å². The monoisotopic (exact) mass is 513 g/mol. The first kappa shape index (κ1) is 27.0. The number of aryl methyl sites for hydroxylation is 1. The molecule has 1 saturated heterocycles. The Labute approximate surface area is 224 Å². The molecule has 1 atom stereocenters. The first-order valence-corrected chi connectivity index (χ1v) is 13.0. The van der Waals surface area contributed by atoms with Gasteiger partial charge in [-0.15, -0.1) is 0 Å². The highest BCUT2D eigenvalue weighted by atomic mass is 16.5. The second-order valence-electron chi connectivity index (χ2n) is 10.4. The molecule has 0 saturated carbocycles. The number of ketones is 1. The van der Waals surface area contributed by atoms with Crippen molar-refractivity contribution in [3.05, 3.63) is 101 Å². The topological polar surface area (TPSA) is 76.1 Å². The van der Waals surface area contributed by atoms with Crippen molar-refractivity contribution in [2.75, 3.05) is 6.61 Å². The molecule has 1 amide bonds. The highest BCUT2D eigenvalue weighted by Crippen LogP contribution is 2.40. The van der Waals surface area contributed by atoms with Crippen molar-refractivity contribution in [1.29, 1.82) is 0 Å². The zero-order valence-electron chi connectivity index (χ0n) is 22.6. The predicted octanol–water partition coefficient (Wildman–Crippen LogP) is 6.44. The van der Waals surface area contributed by atoms with Crippen molar-refractivity contribution < 1.29 is 24.2 Å². The molecule has 198 valence electrons. The first-order chi connectivity index (χ1) is 18.1. The van der Waals surface area contributed by atoms with Gasteiger partial charge in [0.1, 0.15) is 17.3 Å². The molecule has 1 fully saturated rings. The molecule has 3 aromatic carbocycles. The van der Waals surface area contributed by atoms with E-state index in [1.165, 1.54) is 4.90 Å². The van der Waals surface area contributed by atoms with E-state index in [4.69, 9.17) is 9.47 Å². The minimum absolute atomic E-state index is 0.0110. The summed E-state index contributed by atoms with van der Waals surface area (Å²) in [5.41, 5.74) is 3.15. The third-order valence-corrected chi connectivity index (χ3v) is 6.26. The van der Waals surface area contributed by atoms with Crippen molar-refractivity contribution >= 4 is 17.4 Å². The largest absolute Gasteiger partial charge is 0.507 e. The number of carbonyl (C=O) groups is 2. The molecule has 1 aliphatic rings. The summed E-state index contributed by atoms with van der Waals surface area (Å²) in [5, 5.41) is 11.3. The Morgan fingerprint density at radius 1 is 0.921 bits per heavy atom. The van der Waals surface area contributed by atoms with Crippen LogP contribution in [0, 0.1) is 12.8 Å². The van der Waals surface area contributed by atoms with Gasteiger partial charge in [-0.25, -0.2) is 0 Å². The summed E-state index contributed by atoms with van der Waals surface area (Å²) < 4.78 is 11.5. The molecule has 38 heavy (non-hydrogen) atoms. The highest BCUT2D eigenvalue weighted by Gasteiger charge is 2.46. The van der Waals surface area contributed by atoms with Gasteiger partial charge in [0.25, 0.3) is 11.7 Å². The second kappa shape index (κ2) is 11.5. The summed E-state index contributed by atoms with van der Waals surface area (Å²) in [6, 6.07) is 21.4. The summed E-state index contributed by atoms with van der Waals surface area (Å²) in [7, 11) is 0. The number of ether oxygens (including phenoxy) is 2. The summed E-state index contributed by atoms with van der Waals surface area (Å²) in [4.78, 5) is 28.2. The van der Waals surface area contributed by atoms with Gasteiger partial charge in [-0.05, 0) is 74.2 Å². The Hall–Kier alpha value is -4.06. The number of carbonyl (C=O) groups excluding carboxylic acids is 2. The lowest BCUT2D eigenvalue weighted by molar-refractivity contribution is -0.140. The van der Waals surface area contributed by atoms with Gasteiger partial charge in [0.05, 0.1) is 24.3 Å². The van der Waals surface area contributed by atoms with Gasteiger partial charge in [-0.1, -0.05) is 55.8 Å². The Morgan fingerprint density at radius 3 is 2.18 bits per heavy atom. The van der Waals surface area contributed by atoms with E-state index in [-0.39, 0.29) is 24.0 Å². The Kier molecular flexibility index (Phi) is 8.20. The van der Waals surface area contributed by atoms with E-state index in [0.717, 1.165) is 22.4 Å². The number of Topliss-reactive ketones (excluding diaryl/α,β-unsaturated/α-hetero) is 1. The van der Waals surface area contributed by atoms with Crippen molar-refractivity contribution in [1.82, 2.24) is 4.90 Å². The lowest BCUT2D eigenvalue weighted by atomic mass is 9.94. The lowest BCUT2D eigenvalue weighted by Gasteiger charge is -2.26. The third-order valence-electron chi connectivity index (χ3n) is 6.26. The van der Waals surface area contributed by atoms with Crippen LogP contribution in [0.15, 0.2) is 78.4 Å². The van der Waals surface area contributed by atoms with Crippen molar-refractivity contribution in [2.24, 2.45) is 5.92 Å². The van der Waals surface area contributed by atoms with Gasteiger partial charge in [-0.2, -0.15) is 0 Å². The number of hydrogen-bond acceptors (Lipinski definition) is 5. The van der Waals surface area contributed by atoms with Crippen LogP contribution in [-0.2, 0) is 16.1 Å². The molecular weight excluding hydrogens is 478 g/mol. The van der Waals surface area contributed by atoms with Crippen LogP contribution in [-0.4, -0.2) is 34.4 Å². The molecule has 3 aromatic rings. The van der Waals surface area contributed by atoms with E-state index in [1.54, 1.807) is 24.3 Å². The van der Waals surface area contributed by atoms with E-state index < -0.39 is 17.7 Å².